The number of methoxy groups -OCH3 is 1. The van der Waals surface area contributed by atoms with Crippen LogP contribution in [0.2, 0.25) is 0 Å². The van der Waals surface area contributed by atoms with Crippen molar-refractivity contribution in [2.75, 3.05) is 43.1 Å². The normalized spacial score (nSPS) is 13.5. The van der Waals surface area contributed by atoms with Crippen molar-refractivity contribution < 1.29 is 19.2 Å². The summed E-state index contributed by atoms with van der Waals surface area (Å²) in [6.07, 6.45) is 1.25. The zero-order valence-electron chi connectivity index (χ0n) is 17.4. The summed E-state index contributed by atoms with van der Waals surface area (Å²) >= 11 is 0. The summed E-state index contributed by atoms with van der Waals surface area (Å²) in [5, 5.41) is 11.9. The van der Waals surface area contributed by atoms with Crippen molar-refractivity contribution >= 4 is 23.2 Å². The van der Waals surface area contributed by atoms with Crippen LogP contribution in [0.15, 0.2) is 60.9 Å². The number of para-hydroxylation sites is 1. The monoisotopic (exact) mass is 435 g/mol. The van der Waals surface area contributed by atoms with Gasteiger partial charge in [0, 0.05) is 31.9 Å². The second-order valence-corrected chi connectivity index (χ2v) is 7.04. The zero-order chi connectivity index (χ0) is 22.5. The van der Waals surface area contributed by atoms with Gasteiger partial charge in [-0.1, -0.05) is 18.2 Å². The number of rotatable bonds is 6. The summed E-state index contributed by atoms with van der Waals surface area (Å²) < 4.78 is 10.3. The highest BCUT2D eigenvalue weighted by molar-refractivity contribution is 5.89. The van der Waals surface area contributed by atoms with Crippen LogP contribution in [0, 0.1) is 10.1 Å². The number of aromatic nitrogens is 2. The Bertz CT molecular complexity index is 1100. The lowest BCUT2D eigenvalue weighted by atomic mass is 10.2. The smallest absolute Gasteiger partial charge is 0.373 e. The van der Waals surface area contributed by atoms with Crippen LogP contribution >= 0.6 is 0 Å². The van der Waals surface area contributed by atoms with E-state index in [0.29, 0.717) is 37.5 Å². The number of hydrogen-bond acceptors (Lipinski definition) is 9. The molecule has 1 aromatic heterocycles. The molecule has 164 valence electrons. The van der Waals surface area contributed by atoms with Crippen LogP contribution in [0.25, 0.3) is 0 Å². The average molecular weight is 435 g/mol. The molecule has 32 heavy (non-hydrogen) atoms. The predicted molar refractivity (Wildman–Crippen MR) is 117 cm³/mol. The number of piperazine rings is 1. The van der Waals surface area contributed by atoms with E-state index in [9.17, 15) is 14.9 Å². The van der Waals surface area contributed by atoms with Crippen molar-refractivity contribution in [3.63, 3.8) is 0 Å². The summed E-state index contributed by atoms with van der Waals surface area (Å²) in [4.78, 5) is 35.2. The van der Waals surface area contributed by atoms with Crippen LogP contribution in [-0.2, 0) is 4.74 Å². The van der Waals surface area contributed by atoms with Gasteiger partial charge in [0.25, 0.3) is 0 Å². The second-order valence-electron chi connectivity index (χ2n) is 7.04. The third kappa shape index (κ3) is 4.43. The standard InChI is InChI=1S/C22H21N5O5/c1-31-22(28)16-7-9-18(10-8-16)32-21-19(27(29)30)20(23-15-24-21)26-13-11-25(12-14-26)17-5-3-2-4-6-17/h2-10,15H,11-14H2,1H3. The Morgan fingerprint density at radius 1 is 0.969 bits per heavy atom. The van der Waals surface area contributed by atoms with Gasteiger partial charge in [0.2, 0.25) is 5.82 Å². The second kappa shape index (κ2) is 9.29. The number of nitrogens with zero attached hydrogens (tertiary/aromatic N) is 5. The van der Waals surface area contributed by atoms with Gasteiger partial charge >= 0.3 is 17.5 Å². The number of ether oxygens (including phenoxy) is 2. The van der Waals surface area contributed by atoms with E-state index < -0.39 is 10.9 Å². The van der Waals surface area contributed by atoms with E-state index >= 15 is 0 Å². The largest absolute Gasteiger partial charge is 0.465 e. The van der Waals surface area contributed by atoms with Gasteiger partial charge in [-0.3, -0.25) is 10.1 Å². The van der Waals surface area contributed by atoms with Crippen molar-refractivity contribution in [2.45, 2.75) is 0 Å². The van der Waals surface area contributed by atoms with Gasteiger partial charge in [0.05, 0.1) is 17.6 Å². The van der Waals surface area contributed by atoms with E-state index in [1.54, 1.807) is 0 Å². The van der Waals surface area contributed by atoms with Crippen LogP contribution in [0.3, 0.4) is 0 Å². The Morgan fingerprint density at radius 3 is 2.25 bits per heavy atom. The lowest BCUT2D eigenvalue weighted by Gasteiger charge is -2.36. The Kier molecular flexibility index (Phi) is 6.11. The van der Waals surface area contributed by atoms with Gasteiger partial charge in [-0.25, -0.2) is 9.78 Å². The molecule has 0 saturated carbocycles. The first-order chi connectivity index (χ1) is 15.6. The molecule has 4 rings (SSSR count). The van der Waals surface area contributed by atoms with Gasteiger partial charge in [0.1, 0.15) is 12.1 Å². The first kappa shape index (κ1) is 21.0. The Morgan fingerprint density at radius 2 is 1.62 bits per heavy atom. The number of anilines is 2. The summed E-state index contributed by atoms with van der Waals surface area (Å²) in [5.41, 5.74) is 1.16. The number of carbonyl (C=O) groups is 1. The van der Waals surface area contributed by atoms with E-state index in [1.807, 2.05) is 35.2 Å². The molecular formula is C22H21N5O5. The van der Waals surface area contributed by atoms with Crippen molar-refractivity contribution in [1.29, 1.82) is 0 Å². The Balaban J connectivity index is 1.54. The van der Waals surface area contributed by atoms with E-state index in [0.717, 1.165) is 5.69 Å². The Hall–Kier alpha value is -4.21. The highest BCUT2D eigenvalue weighted by Gasteiger charge is 2.30. The molecule has 1 aliphatic heterocycles. The molecule has 1 aliphatic rings. The van der Waals surface area contributed by atoms with Crippen LogP contribution in [0.4, 0.5) is 17.2 Å². The molecule has 0 spiro atoms. The maximum atomic E-state index is 11.9. The highest BCUT2D eigenvalue weighted by Crippen LogP contribution is 2.36. The summed E-state index contributed by atoms with van der Waals surface area (Å²) in [6.45, 7) is 2.55. The van der Waals surface area contributed by atoms with E-state index in [-0.39, 0.29) is 17.4 Å². The summed E-state index contributed by atoms with van der Waals surface area (Å²) in [7, 11) is 1.29. The molecule has 0 atom stereocenters. The number of carbonyl (C=O) groups excluding carboxylic acids is 1. The maximum Gasteiger partial charge on any atom is 0.373 e. The number of hydrogen-bond donors (Lipinski definition) is 0. The molecule has 0 N–H and O–H groups in total. The fraction of sp³-hybridized carbons (Fsp3) is 0.227. The lowest BCUT2D eigenvalue weighted by Crippen LogP contribution is -2.47. The molecule has 2 heterocycles. The minimum atomic E-state index is -0.531. The minimum absolute atomic E-state index is 0.156. The number of nitro groups is 1. The molecule has 1 fully saturated rings. The van der Waals surface area contributed by atoms with Crippen LogP contribution < -0.4 is 14.5 Å². The SMILES string of the molecule is COC(=O)c1ccc(Oc2ncnc(N3CCN(c4ccccc4)CC3)c2[N+](=O)[O-])cc1. The fourth-order valence-electron chi connectivity index (χ4n) is 3.52. The number of benzene rings is 2. The number of esters is 1. The molecule has 2 aromatic carbocycles. The topological polar surface area (TPSA) is 111 Å². The highest BCUT2D eigenvalue weighted by atomic mass is 16.6. The molecular weight excluding hydrogens is 414 g/mol. The molecule has 0 aliphatic carbocycles. The molecule has 10 heteroatoms. The molecule has 3 aromatic rings. The van der Waals surface area contributed by atoms with Crippen LogP contribution in [0.5, 0.6) is 11.6 Å². The molecule has 0 bridgehead atoms. The quantitative estimate of drug-likeness (QED) is 0.327. The molecule has 10 nitrogen and oxygen atoms in total. The van der Waals surface area contributed by atoms with E-state index in [2.05, 4.69) is 19.6 Å². The molecule has 1 saturated heterocycles. The van der Waals surface area contributed by atoms with Crippen molar-refractivity contribution in [2.24, 2.45) is 0 Å². The van der Waals surface area contributed by atoms with E-state index in [1.165, 1.54) is 37.7 Å². The Labute approximate surface area is 184 Å². The minimum Gasteiger partial charge on any atom is -0.465 e. The van der Waals surface area contributed by atoms with Crippen molar-refractivity contribution in [3.05, 3.63) is 76.6 Å². The van der Waals surface area contributed by atoms with Crippen molar-refractivity contribution in [3.8, 4) is 11.6 Å². The maximum absolute atomic E-state index is 11.9. The van der Waals surface area contributed by atoms with Crippen LogP contribution in [-0.4, -0.2) is 54.1 Å². The zero-order valence-corrected chi connectivity index (χ0v) is 17.4. The van der Waals surface area contributed by atoms with Gasteiger partial charge in [-0.15, -0.1) is 0 Å². The van der Waals surface area contributed by atoms with Gasteiger partial charge < -0.3 is 19.3 Å². The third-order valence-electron chi connectivity index (χ3n) is 5.14. The van der Waals surface area contributed by atoms with Gasteiger partial charge in [0.15, 0.2) is 0 Å². The molecule has 0 amide bonds. The van der Waals surface area contributed by atoms with Crippen molar-refractivity contribution in [1.82, 2.24) is 9.97 Å². The van der Waals surface area contributed by atoms with Crippen LogP contribution in [0.1, 0.15) is 10.4 Å². The van der Waals surface area contributed by atoms with E-state index in [4.69, 9.17) is 4.74 Å². The first-order valence-electron chi connectivity index (χ1n) is 9.97. The lowest BCUT2D eigenvalue weighted by molar-refractivity contribution is -0.385. The predicted octanol–water partition coefficient (Wildman–Crippen LogP) is 3.29. The molecule has 0 radical (unpaired) electrons. The average Bonchev–Trinajstić information content (AvgIpc) is 2.84. The summed E-state index contributed by atoms with van der Waals surface area (Å²) in [6, 6.07) is 16.1. The molecule has 0 unspecified atom stereocenters. The third-order valence-corrected chi connectivity index (χ3v) is 5.14. The van der Waals surface area contributed by atoms with Gasteiger partial charge in [-0.2, -0.15) is 4.98 Å². The fourth-order valence-corrected chi connectivity index (χ4v) is 3.52. The summed E-state index contributed by atoms with van der Waals surface area (Å²) in [5.74, 6) is -0.115. The van der Waals surface area contributed by atoms with Gasteiger partial charge in [-0.05, 0) is 36.4 Å². The first-order valence-corrected chi connectivity index (χ1v) is 9.97.